The summed E-state index contributed by atoms with van der Waals surface area (Å²) in [6.45, 7) is 1.32. The summed E-state index contributed by atoms with van der Waals surface area (Å²) in [7, 11) is 0. The Morgan fingerprint density at radius 1 is 1.03 bits per heavy atom. The van der Waals surface area contributed by atoms with Gasteiger partial charge in [0.25, 0.3) is 0 Å². The molecular weight excluding hydrogens is 442 g/mol. The van der Waals surface area contributed by atoms with Crippen molar-refractivity contribution >= 4 is 5.97 Å². The van der Waals surface area contributed by atoms with Crippen LogP contribution in [0.1, 0.15) is 47.6 Å². The lowest BCUT2D eigenvalue weighted by atomic mass is 9.82. The molecule has 1 saturated heterocycles. The zero-order valence-electron chi connectivity index (χ0n) is 16.8. The second-order valence-corrected chi connectivity index (χ2v) is 7.53. The van der Waals surface area contributed by atoms with E-state index in [1.165, 1.54) is 6.92 Å². The number of halogens is 6. The molecule has 1 heterocycles. The summed E-state index contributed by atoms with van der Waals surface area (Å²) in [6, 6.07) is 9.66. The van der Waals surface area contributed by atoms with Gasteiger partial charge in [0, 0.05) is 5.92 Å². The van der Waals surface area contributed by atoms with Crippen LogP contribution in [-0.2, 0) is 26.6 Å². The lowest BCUT2D eigenvalue weighted by Gasteiger charge is -2.37. The average Bonchev–Trinajstić information content (AvgIpc) is 2.72. The molecule has 32 heavy (non-hydrogen) atoms. The van der Waals surface area contributed by atoms with Gasteiger partial charge < -0.3 is 14.6 Å². The smallest absolute Gasteiger partial charge is 0.416 e. The van der Waals surface area contributed by atoms with Crippen molar-refractivity contribution in [2.45, 2.75) is 44.0 Å². The van der Waals surface area contributed by atoms with Crippen molar-refractivity contribution in [2.24, 2.45) is 5.92 Å². The first kappa shape index (κ1) is 24.1. The van der Waals surface area contributed by atoms with Crippen molar-refractivity contribution in [3.05, 3.63) is 70.8 Å². The van der Waals surface area contributed by atoms with E-state index in [0.717, 1.165) is 0 Å². The first-order valence-corrected chi connectivity index (χ1v) is 9.72. The van der Waals surface area contributed by atoms with Gasteiger partial charge in [-0.05, 0) is 42.7 Å². The SMILES string of the molecule is CC(O[C@H]1OCC[C@@H](C(=O)O)[C@@H]1c1ccccc1)c1cc(C(F)(F)F)cc(C(F)(F)F)c1. The Kier molecular flexibility index (Phi) is 6.85. The molecule has 0 amide bonds. The van der Waals surface area contributed by atoms with Crippen molar-refractivity contribution in [3.8, 4) is 0 Å². The van der Waals surface area contributed by atoms with Crippen LogP contribution in [0.15, 0.2) is 48.5 Å². The molecule has 10 heteroatoms. The van der Waals surface area contributed by atoms with Crippen molar-refractivity contribution in [1.29, 1.82) is 0 Å². The average molecular weight is 462 g/mol. The highest BCUT2D eigenvalue weighted by Crippen LogP contribution is 2.41. The normalized spacial score (nSPS) is 23.0. The number of carboxylic acid groups (broad SMARTS) is 1. The molecule has 0 radical (unpaired) electrons. The molecule has 1 aliphatic heterocycles. The lowest BCUT2D eigenvalue weighted by Crippen LogP contribution is -2.40. The molecule has 4 nitrogen and oxygen atoms in total. The molecule has 1 aliphatic rings. The Balaban J connectivity index is 1.95. The van der Waals surface area contributed by atoms with Crippen molar-refractivity contribution in [2.75, 3.05) is 6.61 Å². The highest BCUT2D eigenvalue weighted by molar-refractivity contribution is 5.71. The van der Waals surface area contributed by atoms with Gasteiger partial charge in [0.15, 0.2) is 6.29 Å². The molecule has 4 atom stereocenters. The summed E-state index contributed by atoms with van der Waals surface area (Å²) in [5.41, 5.74) is -2.67. The predicted molar refractivity (Wildman–Crippen MR) is 101 cm³/mol. The van der Waals surface area contributed by atoms with Crippen molar-refractivity contribution in [3.63, 3.8) is 0 Å². The number of carbonyl (C=O) groups is 1. The summed E-state index contributed by atoms with van der Waals surface area (Å²) >= 11 is 0. The summed E-state index contributed by atoms with van der Waals surface area (Å²) in [6.07, 6.45) is -12.2. The maximum Gasteiger partial charge on any atom is 0.416 e. The van der Waals surface area contributed by atoms with Gasteiger partial charge in [-0.3, -0.25) is 4.79 Å². The molecule has 1 unspecified atom stereocenters. The van der Waals surface area contributed by atoms with Gasteiger partial charge in [0.05, 0.1) is 29.8 Å². The fourth-order valence-corrected chi connectivity index (χ4v) is 3.74. The molecule has 1 fully saturated rings. The zero-order valence-corrected chi connectivity index (χ0v) is 16.8. The number of hydrogen-bond donors (Lipinski definition) is 1. The molecule has 0 aromatic heterocycles. The number of aliphatic carboxylic acids is 1. The summed E-state index contributed by atoms with van der Waals surface area (Å²) in [5, 5.41) is 9.63. The minimum atomic E-state index is -4.99. The van der Waals surface area contributed by atoms with Crippen LogP contribution in [0, 0.1) is 5.92 Å². The van der Waals surface area contributed by atoms with Crippen LogP contribution in [0.4, 0.5) is 26.3 Å². The summed E-state index contributed by atoms with van der Waals surface area (Å²) in [5.74, 6) is -2.78. The molecule has 2 aromatic rings. The number of ether oxygens (including phenoxy) is 2. The second-order valence-electron chi connectivity index (χ2n) is 7.53. The van der Waals surface area contributed by atoms with Crippen LogP contribution >= 0.6 is 0 Å². The van der Waals surface area contributed by atoms with E-state index in [1.807, 2.05) is 0 Å². The van der Waals surface area contributed by atoms with E-state index in [1.54, 1.807) is 30.3 Å². The third-order valence-electron chi connectivity index (χ3n) is 5.36. The van der Waals surface area contributed by atoms with Crippen LogP contribution in [0.25, 0.3) is 0 Å². The Morgan fingerprint density at radius 2 is 1.59 bits per heavy atom. The molecule has 3 rings (SSSR count). The largest absolute Gasteiger partial charge is 0.481 e. The molecular formula is C22H20F6O4. The molecule has 0 saturated carbocycles. The number of hydrogen-bond acceptors (Lipinski definition) is 3. The third-order valence-corrected chi connectivity index (χ3v) is 5.36. The monoisotopic (exact) mass is 462 g/mol. The van der Waals surface area contributed by atoms with Gasteiger partial charge in [0.2, 0.25) is 0 Å². The molecule has 0 aliphatic carbocycles. The van der Waals surface area contributed by atoms with Crippen LogP contribution in [-0.4, -0.2) is 24.0 Å². The van der Waals surface area contributed by atoms with E-state index < -0.39 is 53.7 Å². The first-order valence-electron chi connectivity index (χ1n) is 9.72. The molecule has 0 bridgehead atoms. The van der Waals surface area contributed by atoms with Crippen LogP contribution < -0.4 is 0 Å². The van der Waals surface area contributed by atoms with Gasteiger partial charge >= 0.3 is 18.3 Å². The van der Waals surface area contributed by atoms with Crippen LogP contribution in [0.5, 0.6) is 0 Å². The van der Waals surface area contributed by atoms with Crippen LogP contribution in [0.3, 0.4) is 0 Å². The summed E-state index contributed by atoms with van der Waals surface area (Å²) in [4.78, 5) is 11.8. The van der Waals surface area contributed by atoms with Gasteiger partial charge in [-0.25, -0.2) is 0 Å². The highest BCUT2D eigenvalue weighted by Gasteiger charge is 2.42. The van der Waals surface area contributed by atoms with E-state index >= 15 is 0 Å². The van der Waals surface area contributed by atoms with E-state index in [2.05, 4.69) is 0 Å². The Hall–Kier alpha value is -2.59. The van der Waals surface area contributed by atoms with Crippen molar-refractivity contribution in [1.82, 2.24) is 0 Å². The third kappa shape index (κ3) is 5.42. The van der Waals surface area contributed by atoms with E-state index in [9.17, 15) is 36.2 Å². The minimum absolute atomic E-state index is 0.0219. The van der Waals surface area contributed by atoms with Gasteiger partial charge in [-0.1, -0.05) is 30.3 Å². The molecule has 2 aromatic carbocycles. The summed E-state index contributed by atoms with van der Waals surface area (Å²) < 4.78 is 90.4. The molecule has 174 valence electrons. The van der Waals surface area contributed by atoms with Gasteiger partial charge in [0.1, 0.15) is 0 Å². The molecule has 0 spiro atoms. The highest BCUT2D eigenvalue weighted by atomic mass is 19.4. The van der Waals surface area contributed by atoms with Crippen LogP contribution in [0.2, 0.25) is 0 Å². The first-order chi connectivity index (χ1) is 14.9. The van der Waals surface area contributed by atoms with E-state index in [-0.39, 0.29) is 24.7 Å². The number of carboxylic acids is 1. The number of rotatable bonds is 5. The minimum Gasteiger partial charge on any atom is -0.481 e. The van der Waals surface area contributed by atoms with Crippen molar-refractivity contribution < 1.29 is 45.7 Å². The fraction of sp³-hybridized carbons (Fsp3) is 0.409. The standard InChI is InChI=1S/C22H20F6O4/c1-12(14-9-15(21(23,24)25)11-16(10-14)22(26,27)28)32-20-18(13-5-3-2-4-6-13)17(19(29)30)7-8-31-20/h2-6,9-12,17-18,20H,7-8H2,1H3,(H,29,30)/t12?,17-,18+,20-/m1/s1. The van der Waals surface area contributed by atoms with Gasteiger partial charge in [-0.15, -0.1) is 0 Å². The maximum absolute atomic E-state index is 13.2. The second kappa shape index (κ2) is 9.11. The number of benzene rings is 2. The van der Waals surface area contributed by atoms with E-state index in [0.29, 0.717) is 17.7 Å². The Morgan fingerprint density at radius 3 is 2.09 bits per heavy atom. The Bertz CT molecular complexity index is 909. The lowest BCUT2D eigenvalue weighted by molar-refractivity contribution is -0.213. The number of alkyl halides is 6. The maximum atomic E-state index is 13.2. The van der Waals surface area contributed by atoms with E-state index in [4.69, 9.17) is 9.47 Å². The zero-order chi connectivity index (χ0) is 23.7. The molecule has 1 N–H and O–H groups in total. The topological polar surface area (TPSA) is 55.8 Å². The predicted octanol–water partition coefficient (Wildman–Crippen LogP) is 6.03. The Labute approximate surface area is 179 Å². The quantitative estimate of drug-likeness (QED) is 0.551. The fourth-order valence-electron chi connectivity index (χ4n) is 3.74. The van der Waals surface area contributed by atoms with Gasteiger partial charge in [-0.2, -0.15) is 26.3 Å².